The summed E-state index contributed by atoms with van der Waals surface area (Å²) in [4.78, 5) is 30.0. The van der Waals surface area contributed by atoms with Gasteiger partial charge in [0.1, 0.15) is 5.70 Å². The molecule has 4 rings (SSSR count). The average molecular weight is 431 g/mol. The minimum Gasteiger partial charge on any atom is -0.365 e. The number of imide groups is 1. The number of hydrogen-bond acceptors (Lipinski definition) is 3. The molecule has 0 radical (unpaired) electrons. The van der Waals surface area contributed by atoms with E-state index in [1.807, 2.05) is 72.6 Å². The molecule has 0 bridgehead atoms. The maximum absolute atomic E-state index is 13.4. The molecule has 3 aromatic rings. The van der Waals surface area contributed by atoms with Crippen LogP contribution >= 0.6 is 11.6 Å². The quantitative estimate of drug-likeness (QED) is 0.506. The fourth-order valence-corrected chi connectivity index (χ4v) is 3.95. The molecule has 5 heteroatoms. The predicted octanol–water partition coefficient (Wildman–Crippen LogP) is 4.79. The molecule has 0 spiro atoms. The van der Waals surface area contributed by atoms with Gasteiger partial charge < -0.3 is 4.90 Å². The zero-order valence-corrected chi connectivity index (χ0v) is 18.0. The van der Waals surface area contributed by atoms with Crippen LogP contribution in [0.1, 0.15) is 16.7 Å². The van der Waals surface area contributed by atoms with Crippen molar-refractivity contribution in [2.75, 3.05) is 13.6 Å². The van der Waals surface area contributed by atoms with Crippen LogP contribution in [-0.4, -0.2) is 35.2 Å². The van der Waals surface area contributed by atoms with Crippen LogP contribution in [0.5, 0.6) is 0 Å². The molecular formula is C26H23ClN2O2. The van der Waals surface area contributed by atoms with E-state index in [0.717, 1.165) is 11.1 Å². The van der Waals surface area contributed by atoms with E-state index in [4.69, 9.17) is 11.6 Å². The normalized spacial score (nSPS) is 13.8. The Morgan fingerprint density at radius 2 is 1.35 bits per heavy atom. The Balaban J connectivity index is 1.66. The van der Waals surface area contributed by atoms with Crippen LogP contribution in [0.2, 0.25) is 5.02 Å². The summed E-state index contributed by atoms with van der Waals surface area (Å²) in [5.74, 6) is -0.525. The molecule has 156 valence electrons. The number of carbonyl (C=O) groups excluding carboxylic acids is 2. The third kappa shape index (κ3) is 4.54. The van der Waals surface area contributed by atoms with E-state index in [1.54, 1.807) is 24.3 Å². The van der Waals surface area contributed by atoms with Gasteiger partial charge in [0.05, 0.1) is 5.57 Å². The molecule has 0 atom stereocenters. The van der Waals surface area contributed by atoms with Crippen molar-refractivity contribution in [3.05, 3.63) is 112 Å². The lowest BCUT2D eigenvalue weighted by Crippen LogP contribution is -2.35. The highest BCUT2D eigenvalue weighted by Crippen LogP contribution is 2.32. The van der Waals surface area contributed by atoms with Gasteiger partial charge in [-0.15, -0.1) is 0 Å². The molecule has 3 aromatic carbocycles. The highest BCUT2D eigenvalue weighted by molar-refractivity contribution is 6.36. The van der Waals surface area contributed by atoms with Crippen molar-refractivity contribution >= 4 is 29.0 Å². The van der Waals surface area contributed by atoms with Gasteiger partial charge in [-0.1, -0.05) is 84.4 Å². The molecule has 0 saturated carbocycles. The first-order valence-electron chi connectivity index (χ1n) is 10.2. The van der Waals surface area contributed by atoms with Gasteiger partial charge in [0.25, 0.3) is 11.8 Å². The van der Waals surface area contributed by atoms with Crippen LogP contribution in [0.4, 0.5) is 0 Å². The number of nitrogens with zero attached hydrogens (tertiary/aromatic N) is 2. The number of likely N-dealkylation sites (N-methyl/N-ethyl adjacent to an activating group) is 1. The highest BCUT2D eigenvalue weighted by Gasteiger charge is 2.40. The molecule has 2 amide bonds. The number of hydrogen-bond donors (Lipinski definition) is 0. The lowest BCUT2D eigenvalue weighted by molar-refractivity contribution is -0.137. The third-order valence-corrected chi connectivity index (χ3v) is 5.64. The second-order valence-corrected chi connectivity index (χ2v) is 8.01. The van der Waals surface area contributed by atoms with Crippen LogP contribution in [0, 0.1) is 0 Å². The maximum atomic E-state index is 13.4. The van der Waals surface area contributed by atoms with E-state index in [9.17, 15) is 9.59 Å². The van der Waals surface area contributed by atoms with Crippen molar-refractivity contribution in [3.63, 3.8) is 0 Å². The second-order valence-electron chi connectivity index (χ2n) is 7.57. The lowest BCUT2D eigenvalue weighted by Gasteiger charge is -2.21. The van der Waals surface area contributed by atoms with Crippen LogP contribution in [0.3, 0.4) is 0 Å². The van der Waals surface area contributed by atoms with Crippen molar-refractivity contribution in [2.45, 2.75) is 13.0 Å². The number of amides is 2. The van der Waals surface area contributed by atoms with E-state index in [-0.39, 0.29) is 11.8 Å². The Hall–Kier alpha value is -3.37. The van der Waals surface area contributed by atoms with Crippen LogP contribution in [0.25, 0.3) is 5.57 Å². The Kier molecular flexibility index (Phi) is 6.19. The monoisotopic (exact) mass is 430 g/mol. The maximum Gasteiger partial charge on any atom is 0.277 e. The number of benzene rings is 3. The van der Waals surface area contributed by atoms with Crippen LogP contribution in [0.15, 0.2) is 90.6 Å². The summed E-state index contributed by atoms with van der Waals surface area (Å²) in [5.41, 5.74) is 3.69. The summed E-state index contributed by atoms with van der Waals surface area (Å²) >= 11 is 6.05. The van der Waals surface area contributed by atoms with Gasteiger partial charge in [-0.3, -0.25) is 14.5 Å². The van der Waals surface area contributed by atoms with Gasteiger partial charge in [0, 0.05) is 25.2 Å². The Bertz CT molecular complexity index is 1110. The molecule has 4 nitrogen and oxygen atoms in total. The van der Waals surface area contributed by atoms with Gasteiger partial charge in [-0.2, -0.15) is 0 Å². The summed E-state index contributed by atoms with van der Waals surface area (Å²) in [6, 6.07) is 26.8. The van der Waals surface area contributed by atoms with Crippen molar-refractivity contribution in [2.24, 2.45) is 0 Å². The molecule has 1 aliphatic rings. The first-order valence-corrected chi connectivity index (χ1v) is 10.6. The lowest BCUT2D eigenvalue weighted by atomic mass is 10.0. The van der Waals surface area contributed by atoms with Gasteiger partial charge in [-0.25, -0.2) is 0 Å². The average Bonchev–Trinajstić information content (AvgIpc) is 3.04. The van der Waals surface area contributed by atoms with Crippen molar-refractivity contribution in [1.82, 2.24) is 9.80 Å². The summed E-state index contributed by atoms with van der Waals surface area (Å²) in [6.45, 7) is 0.861. The largest absolute Gasteiger partial charge is 0.365 e. The minimum absolute atomic E-state index is 0.260. The Morgan fingerprint density at radius 3 is 1.97 bits per heavy atom. The van der Waals surface area contributed by atoms with Crippen molar-refractivity contribution < 1.29 is 9.59 Å². The number of carbonyl (C=O) groups is 2. The molecule has 0 N–H and O–H groups in total. The molecule has 1 heterocycles. The molecule has 31 heavy (non-hydrogen) atoms. The second kappa shape index (κ2) is 9.19. The molecule has 0 aromatic heterocycles. The van der Waals surface area contributed by atoms with Gasteiger partial charge >= 0.3 is 0 Å². The fraction of sp³-hybridized carbons (Fsp3) is 0.154. The first kappa shape index (κ1) is 20.9. The van der Waals surface area contributed by atoms with Crippen molar-refractivity contribution in [3.8, 4) is 0 Å². The van der Waals surface area contributed by atoms with Crippen molar-refractivity contribution in [1.29, 1.82) is 0 Å². The number of halogens is 1. The Labute approximate surface area is 187 Å². The van der Waals surface area contributed by atoms with Gasteiger partial charge in [0.15, 0.2) is 0 Å². The van der Waals surface area contributed by atoms with Gasteiger partial charge in [0.2, 0.25) is 0 Å². The SMILES string of the molecule is CN(Cc1ccccc1)C1=C(c2ccc(Cl)cc2)C(=O)N(CCc2ccccc2)C1=O. The molecule has 0 aliphatic carbocycles. The van der Waals surface area contributed by atoms with E-state index in [2.05, 4.69) is 0 Å². The summed E-state index contributed by atoms with van der Waals surface area (Å²) in [6.07, 6.45) is 0.613. The molecular weight excluding hydrogens is 408 g/mol. The smallest absolute Gasteiger partial charge is 0.277 e. The molecule has 0 unspecified atom stereocenters. The van der Waals surface area contributed by atoms with Gasteiger partial charge in [-0.05, 0) is 35.2 Å². The predicted molar refractivity (Wildman–Crippen MR) is 123 cm³/mol. The van der Waals surface area contributed by atoms with Crippen LogP contribution in [-0.2, 0) is 22.6 Å². The summed E-state index contributed by atoms with van der Waals surface area (Å²) in [7, 11) is 1.85. The van der Waals surface area contributed by atoms with E-state index < -0.39 is 0 Å². The standard InChI is InChI=1S/C26H23ClN2O2/c1-28(18-20-10-6-3-7-11-20)24-23(21-12-14-22(27)15-13-21)25(30)29(26(24)31)17-16-19-8-4-2-5-9-19/h2-15H,16-18H2,1H3. The van der Waals surface area contributed by atoms with E-state index in [1.165, 1.54) is 4.90 Å². The van der Waals surface area contributed by atoms with Crippen LogP contribution < -0.4 is 0 Å². The first-order chi connectivity index (χ1) is 15.0. The minimum atomic E-state index is -0.266. The Morgan fingerprint density at radius 1 is 0.774 bits per heavy atom. The zero-order chi connectivity index (χ0) is 21.8. The summed E-state index contributed by atoms with van der Waals surface area (Å²) < 4.78 is 0. The third-order valence-electron chi connectivity index (χ3n) is 5.39. The highest BCUT2D eigenvalue weighted by atomic mass is 35.5. The molecule has 1 aliphatic heterocycles. The van der Waals surface area contributed by atoms with E-state index >= 15 is 0 Å². The fourth-order valence-electron chi connectivity index (χ4n) is 3.82. The number of rotatable bonds is 7. The molecule has 0 fully saturated rings. The molecule has 0 saturated heterocycles. The van der Waals surface area contributed by atoms with E-state index in [0.29, 0.717) is 41.4 Å². The zero-order valence-electron chi connectivity index (χ0n) is 17.3. The topological polar surface area (TPSA) is 40.6 Å². The summed E-state index contributed by atoms with van der Waals surface area (Å²) in [5, 5.41) is 0.584.